The predicted octanol–water partition coefficient (Wildman–Crippen LogP) is 2.99. The first kappa shape index (κ1) is 21.3. The first-order valence-electron chi connectivity index (χ1n) is 11.1. The summed E-state index contributed by atoms with van der Waals surface area (Å²) in [7, 11) is 3.98. The van der Waals surface area contributed by atoms with E-state index in [0.717, 1.165) is 12.1 Å². The number of pyridine rings is 1. The van der Waals surface area contributed by atoms with Gasteiger partial charge in [0.1, 0.15) is 0 Å². The molecule has 2 aliphatic rings. The Morgan fingerprint density at radius 1 is 1.16 bits per heavy atom. The van der Waals surface area contributed by atoms with Crippen molar-refractivity contribution in [3.8, 4) is 0 Å². The molecule has 1 aromatic carbocycles. The van der Waals surface area contributed by atoms with E-state index in [9.17, 15) is 9.59 Å². The summed E-state index contributed by atoms with van der Waals surface area (Å²) in [6.07, 6.45) is 6.71. The van der Waals surface area contributed by atoms with Crippen molar-refractivity contribution in [2.75, 3.05) is 43.9 Å². The molecule has 0 saturated heterocycles. The quantitative estimate of drug-likeness (QED) is 0.744. The normalized spacial score (nSPS) is 16.4. The zero-order valence-electron chi connectivity index (χ0n) is 18.4. The van der Waals surface area contributed by atoms with Crippen molar-refractivity contribution in [3.63, 3.8) is 0 Å². The van der Waals surface area contributed by atoms with Crippen LogP contribution in [0.4, 0.5) is 11.5 Å². The van der Waals surface area contributed by atoms with Crippen LogP contribution in [0.5, 0.6) is 0 Å². The number of hydrogen-bond acceptors (Lipinski definition) is 5. The lowest BCUT2D eigenvalue weighted by molar-refractivity contribution is -0.117. The Kier molecular flexibility index (Phi) is 6.51. The Labute approximate surface area is 184 Å². The fourth-order valence-corrected chi connectivity index (χ4v) is 4.40. The fraction of sp³-hybridized carbons (Fsp3) is 0.458. The molecule has 2 aromatic rings. The maximum atomic E-state index is 13.1. The molecule has 2 amide bonds. The number of amides is 2. The second kappa shape index (κ2) is 9.47. The smallest absolute Gasteiger partial charge is 0.255 e. The molecule has 0 spiro atoms. The van der Waals surface area contributed by atoms with Crippen LogP contribution in [-0.2, 0) is 11.3 Å². The van der Waals surface area contributed by atoms with E-state index in [1.165, 1.54) is 25.7 Å². The summed E-state index contributed by atoms with van der Waals surface area (Å²) in [6.45, 7) is 2.17. The van der Waals surface area contributed by atoms with E-state index in [1.54, 1.807) is 22.1 Å². The van der Waals surface area contributed by atoms with Crippen LogP contribution >= 0.6 is 0 Å². The van der Waals surface area contributed by atoms with Crippen molar-refractivity contribution in [2.24, 2.45) is 0 Å². The molecule has 1 saturated carbocycles. The second-order valence-electron chi connectivity index (χ2n) is 8.56. The minimum atomic E-state index is -0.0761. The summed E-state index contributed by atoms with van der Waals surface area (Å²) in [5.74, 6) is 0.526. The summed E-state index contributed by atoms with van der Waals surface area (Å²) in [5.41, 5.74) is 2.19. The van der Waals surface area contributed by atoms with Crippen LogP contribution in [0, 0.1) is 0 Å². The fourth-order valence-electron chi connectivity index (χ4n) is 4.40. The van der Waals surface area contributed by atoms with E-state index < -0.39 is 0 Å². The van der Waals surface area contributed by atoms with Crippen molar-refractivity contribution in [1.29, 1.82) is 0 Å². The van der Waals surface area contributed by atoms with E-state index in [2.05, 4.69) is 22.2 Å². The average molecular weight is 422 g/mol. The molecule has 0 unspecified atom stereocenters. The predicted molar refractivity (Wildman–Crippen MR) is 122 cm³/mol. The molecule has 1 aliphatic heterocycles. The molecule has 1 aromatic heterocycles. The Morgan fingerprint density at radius 3 is 2.65 bits per heavy atom. The average Bonchev–Trinajstić information content (AvgIpc) is 3.34. The number of anilines is 2. The van der Waals surface area contributed by atoms with Crippen LogP contribution in [-0.4, -0.2) is 66.4 Å². The van der Waals surface area contributed by atoms with Gasteiger partial charge < -0.3 is 20.0 Å². The van der Waals surface area contributed by atoms with Crippen molar-refractivity contribution in [2.45, 2.75) is 38.3 Å². The summed E-state index contributed by atoms with van der Waals surface area (Å²) in [4.78, 5) is 35.9. The molecule has 2 heterocycles. The highest BCUT2D eigenvalue weighted by Crippen LogP contribution is 2.30. The van der Waals surface area contributed by atoms with E-state index >= 15 is 0 Å². The van der Waals surface area contributed by atoms with Crippen LogP contribution in [0.2, 0.25) is 0 Å². The zero-order chi connectivity index (χ0) is 21.8. The molecule has 1 fully saturated rings. The minimum Gasteiger partial charge on any atom is -0.359 e. The zero-order valence-corrected chi connectivity index (χ0v) is 18.4. The Bertz CT molecular complexity index is 927. The highest BCUT2D eigenvalue weighted by molar-refractivity contribution is 6.04. The number of rotatable bonds is 7. The van der Waals surface area contributed by atoms with E-state index in [-0.39, 0.29) is 18.4 Å². The third-order valence-corrected chi connectivity index (χ3v) is 6.38. The molecule has 1 N–H and O–H groups in total. The van der Waals surface area contributed by atoms with Gasteiger partial charge in [0, 0.05) is 32.4 Å². The van der Waals surface area contributed by atoms with Gasteiger partial charge in [-0.1, -0.05) is 43.2 Å². The lowest BCUT2D eigenvalue weighted by Gasteiger charge is -2.30. The Morgan fingerprint density at radius 2 is 1.90 bits per heavy atom. The van der Waals surface area contributed by atoms with E-state index in [0.29, 0.717) is 36.2 Å². The number of benzene rings is 1. The first-order chi connectivity index (χ1) is 15.0. The second-order valence-corrected chi connectivity index (χ2v) is 8.56. The number of carbonyl (C=O) groups is 2. The maximum Gasteiger partial charge on any atom is 0.255 e. The van der Waals surface area contributed by atoms with Gasteiger partial charge in [-0.25, -0.2) is 4.98 Å². The molecular formula is C24H31N5O2. The van der Waals surface area contributed by atoms with Gasteiger partial charge in [0.25, 0.3) is 5.91 Å². The van der Waals surface area contributed by atoms with E-state index in [1.807, 2.05) is 37.4 Å². The number of nitrogens with one attached hydrogen (secondary N) is 1. The van der Waals surface area contributed by atoms with Gasteiger partial charge in [-0.3, -0.25) is 9.59 Å². The number of hydrogen-bond donors (Lipinski definition) is 1. The van der Waals surface area contributed by atoms with Crippen molar-refractivity contribution < 1.29 is 9.59 Å². The third kappa shape index (κ3) is 4.88. The van der Waals surface area contributed by atoms with Crippen molar-refractivity contribution >= 4 is 23.3 Å². The summed E-state index contributed by atoms with van der Waals surface area (Å²) >= 11 is 0. The minimum absolute atomic E-state index is 0.0331. The SMILES string of the molecule is CN(CCN(C)C1CCCC1)C(=O)c1cnc2c(c1)N(Cc1ccccc1)C(=O)CN2. The molecule has 0 atom stereocenters. The van der Waals surface area contributed by atoms with Gasteiger partial charge >= 0.3 is 0 Å². The van der Waals surface area contributed by atoms with Gasteiger partial charge in [0.05, 0.1) is 24.3 Å². The molecular weight excluding hydrogens is 390 g/mol. The molecule has 164 valence electrons. The van der Waals surface area contributed by atoms with Crippen LogP contribution in [0.3, 0.4) is 0 Å². The molecule has 0 bridgehead atoms. The van der Waals surface area contributed by atoms with Crippen LogP contribution < -0.4 is 10.2 Å². The van der Waals surface area contributed by atoms with Crippen LogP contribution in [0.15, 0.2) is 42.6 Å². The standard InChI is InChI=1S/C24H31N5O2/c1-27(20-10-6-7-11-20)12-13-28(2)24(31)19-14-21-23(25-15-19)26-16-22(30)29(21)17-18-8-4-3-5-9-18/h3-5,8-9,14-15,20H,6-7,10-13,16-17H2,1-2H3,(H,25,26). The molecule has 4 rings (SSSR count). The highest BCUT2D eigenvalue weighted by Gasteiger charge is 2.27. The molecule has 0 radical (unpaired) electrons. The summed E-state index contributed by atoms with van der Waals surface area (Å²) in [5, 5.41) is 3.06. The van der Waals surface area contributed by atoms with Crippen molar-refractivity contribution in [1.82, 2.24) is 14.8 Å². The van der Waals surface area contributed by atoms with E-state index in [4.69, 9.17) is 0 Å². The monoisotopic (exact) mass is 421 g/mol. The van der Waals surface area contributed by atoms with Crippen LogP contribution in [0.1, 0.15) is 41.6 Å². The van der Waals surface area contributed by atoms with Gasteiger partial charge in [-0.05, 0) is 31.5 Å². The third-order valence-electron chi connectivity index (χ3n) is 6.38. The first-order valence-corrected chi connectivity index (χ1v) is 11.1. The summed E-state index contributed by atoms with van der Waals surface area (Å²) < 4.78 is 0. The number of nitrogens with zero attached hydrogens (tertiary/aromatic N) is 4. The van der Waals surface area contributed by atoms with Gasteiger partial charge in [-0.2, -0.15) is 0 Å². The largest absolute Gasteiger partial charge is 0.359 e. The van der Waals surface area contributed by atoms with Gasteiger partial charge in [-0.15, -0.1) is 0 Å². The topological polar surface area (TPSA) is 68.8 Å². The lowest BCUT2D eigenvalue weighted by atomic mass is 10.1. The molecule has 7 nitrogen and oxygen atoms in total. The number of fused-ring (bicyclic) bond motifs is 1. The Balaban J connectivity index is 1.46. The van der Waals surface area contributed by atoms with Gasteiger partial charge in [0.2, 0.25) is 5.91 Å². The molecule has 31 heavy (non-hydrogen) atoms. The lowest BCUT2D eigenvalue weighted by Crippen LogP contribution is -2.40. The number of aromatic nitrogens is 1. The van der Waals surface area contributed by atoms with Crippen LogP contribution in [0.25, 0.3) is 0 Å². The number of carbonyl (C=O) groups excluding carboxylic acids is 2. The summed E-state index contributed by atoms with van der Waals surface area (Å²) in [6, 6.07) is 12.3. The molecule has 7 heteroatoms. The van der Waals surface area contributed by atoms with Crippen molar-refractivity contribution in [3.05, 3.63) is 53.7 Å². The maximum absolute atomic E-state index is 13.1. The highest BCUT2D eigenvalue weighted by atomic mass is 16.2. The number of likely N-dealkylation sites (N-methyl/N-ethyl adjacent to an activating group) is 2. The van der Waals surface area contributed by atoms with Gasteiger partial charge in [0.15, 0.2) is 5.82 Å². The Hall–Kier alpha value is -2.93. The molecule has 1 aliphatic carbocycles.